The van der Waals surface area contributed by atoms with Crippen molar-refractivity contribution >= 4 is 56.2 Å². The van der Waals surface area contributed by atoms with Crippen molar-refractivity contribution in [2.45, 2.75) is 52.0 Å². The van der Waals surface area contributed by atoms with Crippen LogP contribution in [0.2, 0.25) is 0 Å². The SMILES string of the molecule is Cc1cc(C=C2SC(=Nc3ccccc3F)N(C3CCCCC3)C2=O)c(C)n1-c1ccc(N2CCOCC2)c(Br)c1. The van der Waals surface area contributed by atoms with E-state index in [1.165, 1.54) is 29.9 Å². The third-order valence-corrected chi connectivity index (χ3v) is 9.76. The Morgan fingerprint density at radius 3 is 2.54 bits per heavy atom. The molecule has 0 unspecified atom stereocenters. The Kier molecular flexibility index (Phi) is 8.38. The Hall–Kier alpha value is -2.88. The Morgan fingerprint density at radius 2 is 1.80 bits per heavy atom. The molecule has 1 saturated carbocycles. The molecule has 1 amide bonds. The number of amides is 1. The van der Waals surface area contributed by atoms with Crippen LogP contribution in [0, 0.1) is 19.7 Å². The molecule has 3 aliphatic rings. The molecule has 41 heavy (non-hydrogen) atoms. The molecule has 1 aliphatic carbocycles. The number of amidine groups is 1. The lowest BCUT2D eigenvalue weighted by molar-refractivity contribution is -0.124. The summed E-state index contributed by atoms with van der Waals surface area (Å²) < 4.78 is 23.3. The minimum Gasteiger partial charge on any atom is -0.378 e. The van der Waals surface area contributed by atoms with Crippen LogP contribution in [0.5, 0.6) is 0 Å². The van der Waals surface area contributed by atoms with Crippen molar-refractivity contribution in [2.24, 2.45) is 4.99 Å². The molecule has 6 nitrogen and oxygen atoms in total. The first-order valence-electron chi connectivity index (χ1n) is 14.3. The summed E-state index contributed by atoms with van der Waals surface area (Å²) >= 11 is 5.14. The van der Waals surface area contributed by atoms with E-state index >= 15 is 0 Å². The minimum atomic E-state index is -0.386. The standard InChI is InChI=1S/C32H34BrFN4O2S/c1-21-18-23(22(2)37(21)25-12-13-29(26(33)20-25)36-14-16-40-17-15-36)19-30-31(39)38(24-8-4-3-5-9-24)32(41-30)35-28-11-7-6-10-27(28)34/h6-7,10-13,18-20,24H,3-5,8-9,14-17H2,1-2H3. The van der Waals surface area contributed by atoms with E-state index in [1.54, 1.807) is 18.2 Å². The fourth-order valence-electron chi connectivity index (χ4n) is 6.04. The van der Waals surface area contributed by atoms with Crippen LogP contribution in [-0.4, -0.2) is 52.9 Å². The van der Waals surface area contributed by atoms with Gasteiger partial charge in [-0.3, -0.25) is 9.69 Å². The molecular weight excluding hydrogens is 603 g/mol. The van der Waals surface area contributed by atoms with Gasteiger partial charge in [0.2, 0.25) is 0 Å². The van der Waals surface area contributed by atoms with Crippen molar-refractivity contribution < 1.29 is 13.9 Å². The van der Waals surface area contributed by atoms with Gasteiger partial charge in [-0.05, 0) is 102 Å². The first-order chi connectivity index (χ1) is 19.9. The van der Waals surface area contributed by atoms with Gasteiger partial charge in [-0.1, -0.05) is 31.4 Å². The van der Waals surface area contributed by atoms with Crippen LogP contribution >= 0.6 is 27.7 Å². The number of aliphatic imine (C=N–C) groups is 1. The van der Waals surface area contributed by atoms with E-state index in [9.17, 15) is 9.18 Å². The average Bonchev–Trinajstić information content (AvgIpc) is 3.44. The maximum atomic E-state index is 14.5. The Labute approximate surface area is 253 Å². The molecule has 1 aromatic heterocycles. The molecule has 2 saturated heterocycles. The number of aromatic nitrogens is 1. The zero-order valence-electron chi connectivity index (χ0n) is 23.4. The van der Waals surface area contributed by atoms with Crippen molar-refractivity contribution in [3.63, 3.8) is 0 Å². The molecule has 214 valence electrons. The van der Waals surface area contributed by atoms with Crippen LogP contribution < -0.4 is 4.90 Å². The van der Waals surface area contributed by atoms with Gasteiger partial charge < -0.3 is 14.2 Å². The van der Waals surface area contributed by atoms with Crippen LogP contribution in [0.25, 0.3) is 11.8 Å². The number of carbonyl (C=O) groups is 1. The summed E-state index contributed by atoms with van der Waals surface area (Å²) in [6, 6.07) is 15.2. The predicted octanol–water partition coefficient (Wildman–Crippen LogP) is 7.77. The summed E-state index contributed by atoms with van der Waals surface area (Å²) in [5.41, 5.74) is 5.61. The average molecular weight is 638 g/mol. The second-order valence-electron chi connectivity index (χ2n) is 10.8. The van der Waals surface area contributed by atoms with Crippen molar-refractivity contribution in [1.29, 1.82) is 0 Å². The zero-order chi connectivity index (χ0) is 28.5. The van der Waals surface area contributed by atoms with Crippen LogP contribution in [0.3, 0.4) is 0 Å². The topological polar surface area (TPSA) is 50.1 Å². The number of ether oxygens (including phenoxy) is 1. The molecule has 3 heterocycles. The number of para-hydroxylation sites is 1. The van der Waals surface area contributed by atoms with Gasteiger partial charge in [0.05, 0.1) is 23.8 Å². The van der Waals surface area contributed by atoms with Crippen LogP contribution in [-0.2, 0) is 9.53 Å². The summed E-state index contributed by atoms with van der Waals surface area (Å²) in [4.78, 5) is 23.3. The number of carbonyl (C=O) groups excluding carboxylic acids is 1. The van der Waals surface area contributed by atoms with Gasteiger partial charge in [0, 0.05) is 40.7 Å². The van der Waals surface area contributed by atoms with E-state index in [2.05, 4.69) is 68.5 Å². The third kappa shape index (κ3) is 5.76. The van der Waals surface area contributed by atoms with E-state index in [4.69, 9.17) is 4.74 Å². The number of morpholine rings is 1. The van der Waals surface area contributed by atoms with E-state index in [0.717, 1.165) is 79.1 Å². The number of nitrogens with zero attached hydrogens (tertiary/aromatic N) is 4. The Balaban J connectivity index is 1.33. The Bertz CT molecular complexity index is 1520. The lowest BCUT2D eigenvalue weighted by atomic mass is 9.94. The minimum absolute atomic E-state index is 0.0422. The van der Waals surface area contributed by atoms with Gasteiger partial charge in [0.15, 0.2) is 5.17 Å². The van der Waals surface area contributed by atoms with Crippen LogP contribution in [0.1, 0.15) is 49.1 Å². The number of anilines is 1. The van der Waals surface area contributed by atoms with Gasteiger partial charge in [-0.15, -0.1) is 0 Å². The normalized spacial score (nSPS) is 20.5. The largest absolute Gasteiger partial charge is 0.378 e. The van der Waals surface area contributed by atoms with Gasteiger partial charge in [-0.25, -0.2) is 9.38 Å². The summed E-state index contributed by atoms with van der Waals surface area (Å²) in [5, 5.41) is 0.565. The first kappa shape index (κ1) is 28.2. The van der Waals surface area contributed by atoms with E-state index in [-0.39, 0.29) is 23.5 Å². The van der Waals surface area contributed by atoms with Gasteiger partial charge in [0.1, 0.15) is 11.5 Å². The number of hydrogen-bond donors (Lipinski definition) is 0. The quantitative estimate of drug-likeness (QED) is 0.269. The summed E-state index contributed by atoms with van der Waals surface area (Å²) in [5.74, 6) is -0.428. The molecule has 0 radical (unpaired) electrons. The van der Waals surface area contributed by atoms with Crippen molar-refractivity contribution in [3.05, 3.63) is 80.7 Å². The highest BCUT2D eigenvalue weighted by molar-refractivity contribution is 9.10. The predicted molar refractivity (Wildman–Crippen MR) is 169 cm³/mol. The number of hydrogen-bond acceptors (Lipinski definition) is 5. The summed E-state index contributed by atoms with van der Waals surface area (Å²) in [6.07, 6.45) is 7.23. The maximum Gasteiger partial charge on any atom is 0.267 e. The monoisotopic (exact) mass is 636 g/mol. The molecular formula is C32H34BrFN4O2S. The highest BCUT2D eigenvalue weighted by atomic mass is 79.9. The van der Waals surface area contributed by atoms with Crippen molar-refractivity contribution in [2.75, 3.05) is 31.2 Å². The Morgan fingerprint density at radius 1 is 1.05 bits per heavy atom. The molecule has 2 aliphatic heterocycles. The maximum absolute atomic E-state index is 14.5. The molecule has 9 heteroatoms. The van der Waals surface area contributed by atoms with Gasteiger partial charge in [-0.2, -0.15) is 0 Å². The number of thioether (sulfide) groups is 1. The lowest BCUT2D eigenvalue weighted by Crippen LogP contribution is -2.40. The van der Waals surface area contributed by atoms with E-state index in [1.807, 2.05) is 11.0 Å². The highest BCUT2D eigenvalue weighted by Gasteiger charge is 2.39. The van der Waals surface area contributed by atoms with Gasteiger partial charge in [0.25, 0.3) is 5.91 Å². The molecule has 3 fully saturated rings. The molecule has 6 rings (SSSR count). The zero-order valence-corrected chi connectivity index (χ0v) is 25.8. The van der Waals surface area contributed by atoms with Crippen molar-refractivity contribution in [1.82, 2.24) is 9.47 Å². The smallest absolute Gasteiger partial charge is 0.267 e. The number of benzene rings is 2. The molecule has 0 bridgehead atoms. The first-order valence-corrected chi connectivity index (χ1v) is 15.9. The molecule has 0 atom stereocenters. The number of aryl methyl sites for hydroxylation is 1. The fraction of sp³-hybridized carbons (Fsp3) is 0.375. The summed E-state index contributed by atoms with van der Waals surface area (Å²) in [7, 11) is 0. The second-order valence-corrected chi connectivity index (χ2v) is 12.7. The molecule has 3 aromatic rings. The van der Waals surface area contributed by atoms with Gasteiger partial charge >= 0.3 is 0 Å². The summed E-state index contributed by atoms with van der Waals surface area (Å²) in [6.45, 7) is 7.40. The van der Waals surface area contributed by atoms with Crippen LogP contribution in [0.4, 0.5) is 15.8 Å². The van der Waals surface area contributed by atoms with Crippen molar-refractivity contribution in [3.8, 4) is 5.69 Å². The number of rotatable bonds is 5. The molecule has 0 N–H and O–H groups in total. The van der Waals surface area contributed by atoms with E-state index < -0.39 is 0 Å². The molecule has 0 spiro atoms. The number of halogens is 2. The second kappa shape index (κ2) is 12.2. The highest BCUT2D eigenvalue weighted by Crippen LogP contribution is 2.40. The fourth-order valence-corrected chi connectivity index (χ4v) is 7.70. The third-order valence-electron chi connectivity index (χ3n) is 8.14. The lowest BCUT2D eigenvalue weighted by Gasteiger charge is -2.30. The molecule has 2 aromatic carbocycles. The van der Waals surface area contributed by atoms with Crippen LogP contribution in [0.15, 0.2) is 62.9 Å². The van der Waals surface area contributed by atoms with E-state index in [0.29, 0.717) is 10.1 Å².